The average molecular weight is 306 g/mol. The average Bonchev–Trinajstić information content (AvgIpc) is 2.47. The minimum atomic E-state index is 0.289. The molecule has 1 aromatic carbocycles. The van der Waals surface area contributed by atoms with E-state index in [2.05, 4.69) is 38.2 Å². The van der Waals surface area contributed by atoms with Gasteiger partial charge in [-0.2, -0.15) is 0 Å². The molecule has 0 aromatic heterocycles. The number of rotatable bonds is 4. The highest BCUT2D eigenvalue weighted by Crippen LogP contribution is 2.27. The van der Waals surface area contributed by atoms with Crippen LogP contribution in [0.4, 0.5) is 0 Å². The molecule has 1 atom stereocenters. The zero-order valence-electron chi connectivity index (χ0n) is 13.5. The van der Waals surface area contributed by atoms with E-state index in [4.69, 9.17) is 9.73 Å². The van der Waals surface area contributed by atoms with Gasteiger partial charge < -0.3 is 10.1 Å². The molecule has 1 fully saturated rings. The molecule has 1 N–H and O–H groups in total. The minimum Gasteiger partial charge on any atom is -0.497 e. The van der Waals surface area contributed by atoms with Gasteiger partial charge in [-0.05, 0) is 36.0 Å². The quantitative estimate of drug-likeness (QED) is 0.920. The zero-order valence-corrected chi connectivity index (χ0v) is 14.3. The molecular formula is C17H26N2OS. The molecule has 0 radical (unpaired) electrons. The van der Waals surface area contributed by atoms with Gasteiger partial charge in [0.15, 0.2) is 5.17 Å². The molecule has 0 aliphatic carbocycles. The Morgan fingerprint density at radius 3 is 2.62 bits per heavy atom. The number of nitrogens with zero attached hydrogens (tertiary/aromatic N) is 1. The number of thioether (sulfide) groups is 1. The monoisotopic (exact) mass is 306 g/mol. The Balaban J connectivity index is 1.85. The van der Waals surface area contributed by atoms with E-state index in [1.165, 1.54) is 12.0 Å². The summed E-state index contributed by atoms with van der Waals surface area (Å²) in [6, 6.07) is 8.76. The molecule has 0 spiro atoms. The fourth-order valence-corrected chi connectivity index (χ4v) is 3.31. The zero-order chi connectivity index (χ0) is 15.3. The Bertz CT molecular complexity index is 477. The summed E-state index contributed by atoms with van der Waals surface area (Å²) >= 11 is 1.84. The number of ether oxygens (including phenoxy) is 1. The second-order valence-corrected chi connectivity index (χ2v) is 7.57. The van der Waals surface area contributed by atoms with E-state index < -0.39 is 0 Å². The number of hydrogen-bond donors (Lipinski definition) is 1. The summed E-state index contributed by atoms with van der Waals surface area (Å²) < 4.78 is 5.17. The van der Waals surface area contributed by atoms with E-state index in [-0.39, 0.29) is 5.41 Å². The predicted molar refractivity (Wildman–Crippen MR) is 92.5 cm³/mol. The van der Waals surface area contributed by atoms with Gasteiger partial charge in [0, 0.05) is 18.3 Å². The van der Waals surface area contributed by atoms with Crippen LogP contribution in [-0.4, -0.2) is 30.6 Å². The van der Waals surface area contributed by atoms with E-state index in [1.807, 2.05) is 23.9 Å². The normalized spacial score (nSPS) is 21.1. The SMILES string of the molecule is COc1ccc(CCN=C2NC(C(C)(C)C)CCS2)cc1. The lowest BCUT2D eigenvalue weighted by molar-refractivity contribution is 0.290. The van der Waals surface area contributed by atoms with E-state index in [1.54, 1.807) is 7.11 Å². The van der Waals surface area contributed by atoms with Crippen molar-refractivity contribution in [2.45, 2.75) is 39.7 Å². The summed E-state index contributed by atoms with van der Waals surface area (Å²) in [6.07, 6.45) is 2.18. The van der Waals surface area contributed by atoms with Gasteiger partial charge in [-0.1, -0.05) is 44.7 Å². The molecule has 4 heteroatoms. The van der Waals surface area contributed by atoms with E-state index in [0.717, 1.165) is 29.6 Å². The Labute approximate surface area is 132 Å². The molecule has 1 aliphatic rings. The third-order valence-corrected chi connectivity index (χ3v) is 4.76. The van der Waals surface area contributed by atoms with Crippen LogP contribution in [0.3, 0.4) is 0 Å². The largest absolute Gasteiger partial charge is 0.497 e. The van der Waals surface area contributed by atoms with Crippen molar-refractivity contribution in [2.24, 2.45) is 10.4 Å². The van der Waals surface area contributed by atoms with Crippen LogP contribution in [0.5, 0.6) is 5.75 Å². The van der Waals surface area contributed by atoms with Crippen LogP contribution in [0.15, 0.2) is 29.3 Å². The van der Waals surface area contributed by atoms with Crippen LogP contribution in [0.2, 0.25) is 0 Å². The van der Waals surface area contributed by atoms with Gasteiger partial charge in [0.2, 0.25) is 0 Å². The van der Waals surface area contributed by atoms with Gasteiger partial charge in [-0.15, -0.1) is 0 Å². The standard InChI is InChI=1S/C17H26N2OS/c1-17(2,3)15-10-12-21-16(19-15)18-11-9-13-5-7-14(20-4)8-6-13/h5-8,15H,9-12H2,1-4H3,(H,18,19). The molecule has 1 aliphatic heterocycles. The van der Waals surface area contributed by atoms with Crippen LogP contribution >= 0.6 is 11.8 Å². The Kier molecular flexibility index (Phi) is 5.57. The smallest absolute Gasteiger partial charge is 0.156 e. The van der Waals surface area contributed by atoms with Crippen molar-refractivity contribution in [3.63, 3.8) is 0 Å². The fourth-order valence-electron chi connectivity index (χ4n) is 2.36. The lowest BCUT2D eigenvalue weighted by Crippen LogP contribution is -2.46. The molecule has 0 bridgehead atoms. The summed E-state index contributed by atoms with van der Waals surface area (Å²) in [5.41, 5.74) is 1.59. The maximum Gasteiger partial charge on any atom is 0.156 e. The van der Waals surface area contributed by atoms with E-state index in [9.17, 15) is 0 Å². The lowest BCUT2D eigenvalue weighted by atomic mass is 9.85. The number of hydrogen-bond acceptors (Lipinski definition) is 3. The van der Waals surface area contributed by atoms with Crippen LogP contribution in [-0.2, 0) is 6.42 Å². The van der Waals surface area contributed by atoms with Gasteiger partial charge in [0.25, 0.3) is 0 Å². The predicted octanol–water partition coefficient (Wildman–Crippen LogP) is 3.73. The fraction of sp³-hybridized carbons (Fsp3) is 0.588. The molecule has 0 amide bonds. The Hall–Kier alpha value is -1.16. The second kappa shape index (κ2) is 7.21. The summed E-state index contributed by atoms with van der Waals surface area (Å²) in [4.78, 5) is 4.72. The first kappa shape index (κ1) is 16.2. The lowest BCUT2D eigenvalue weighted by Gasteiger charge is -2.35. The third kappa shape index (κ3) is 4.95. The van der Waals surface area contributed by atoms with Crippen LogP contribution < -0.4 is 10.1 Å². The first-order chi connectivity index (χ1) is 9.99. The van der Waals surface area contributed by atoms with E-state index in [0.29, 0.717) is 6.04 Å². The third-order valence-electron chi connectivity index (χ3n) is 3.80. The molecule has 1 unspecified atom stereocenters. The molecule has 116 valence electrons. The number of benzene rings is 1. The topological polar surface area (TPSA) is 33.6 Å². The van der Waals surface area contributed by atoms with Gasteiger partial charge in [0.05, 0.1) is 7.11 Å². The Morgan fingerprint density at radius 1 is 1.29 bits per heavy atom. The van der Waals surface area contributed by atoms with Crippen molar-refractivity contribution in [3.05, 3.63) is 29.8 Å². The highest BCUT2D eigenvalue weighted by Gasteiger charge is 2.28. The van der Waals surface area contributed by atoms with Crippen LogP contribution in [0.1, 0.15) is 32.8 Å². The van der Waals surface area contributed by atoms with Crippen molar-refractivity contribution >= 4 is 16.9 Å². The maximum atomic E-state index is 5.17. The van der Waals surface area contributed by atoms with Crippen molar-refractivity contribution < 1.29 is 4.74 Å². The molecule has 0 saturated carbocycles. The van der Waals surface area contributed by atoms with Gasteiger partial charge in [-0.25, -0.2) is 0 Å². The summed E-state index contributed by atoms with van der Waals surface area (Å²) in [7, 11) is 1.69. The molecule has 1 aromatic rings. The van der Waals surface area contributed by atoms with Crippen LogP contribution in [0, 0.1) is 5.41 Å². The summed E-state index contributed by atoms with van der Waals surface area (Å²) in [6.45, 7) is 7.69. The number of aliphatic imine (C=N–C) groups is 1. The first-order valence-corrected chi connectivity index (χ1v) is 8.54. The molecule has 3 nitrogen and oxygen atoms in total. The summed E-state index contributed by atoms with van der Waals surface area (Å²) in [5, 5.41) is 4.70. The minimum absolute atomic E-state index is 0.289. The molecule has 1 heterocycles. The van der Waals surface area contributed by atoms with Gasteiger partial charge >= 0.3 is 0 Å². The second-order valence-electron chi connectivity index (χ2n) is 6.49. The first-order valence-electron chi connectivity index (χ1n) is 7.56. The van der Waals surface area contributed by atoms with Crippen molar-refractivity contribution in [1.29, 1.82) is 0 Å². The number of amidine groups is 1. The van der Waals surface area contributed by atoms with Crippen LogP contribution in [0.25, 0.3) is 0 Å². The molecule has 2 rings (SSSR count). The Morgan fingerprint density at radius 2 is 2.00 bits per heavy atom. The number of nitrogens with one attached hydrogen (secondary N) is 1. The highest BCUT2D eigenvalue weighted by atomic mass is 32.2. The van der Waals surface area contributed by atoms with Crippen molar-refractivity contribution in [3.8, 4) is 5.75 Å². The summed E-state index contributed by atoms with van der Waals surface area (Å²) in [5.74, 6) is 2.07. The number of methoxy groups -OCH3 is 1. The maximum absolute atomic E-state index is 5.17. The van der Waals surface area contributed by atoms with E-state index >= 15 is 0 Å². The van der Waals surface area contributed by atoms with Gasteiger partial charge in [0.1, 0.15) is 5.75 Å². The molecule has 1 saturated heterocycles. The molecule has 21 heavy (non-hydrogen) atoms. The molecular weight excluding hydrogens is 280 g/mol. The van der Waals surface area contributed by atoms with Crippen molar-refractivity contribution in [2.75, 3.05) is 19.4 Å². The highest BCUT2D eigenvalue weighted by molar-refractivity contribution is 8.13. The van der Waals surface area contributed by atoms with Gasteiger partial charge in [-0.3, -0.25) is 4.99 Å². The van der Waals surface area contributed by atoms with Crippen molar-refractivity contribution in [1.82, 2.24) is 5.32 Å².